The molecule has 2 aromatic carbocycles. The molecule has 118 valence electrons. The fourth-order valence-corrected chi connectivity index (χ4v) is 2.91. The van der Waals surface area contributed by atoms with Gasteiger partial charge in [0.1, 0.15) is 17.0 Å². The molecule has 1 fully saturated rings. The molecule has 6 nitrogen and oxygen atoms in total. The van der Waals surface area contributed by atoms with Gasteiger partial charge in [0.15, 0.2) is 5.52 Å². The average molecular weight is 310 g/mol. The molecule has 2 heterocycles. The molecule has 1 saturated heterocycles. The van der Waals surface area contributed by atoms with Crippen molar-refractivity contribution >= 4 is 11.0 Å². The molecular formula is C17H18N4O2. The predicted octanol–water partition coefficient (Wildman–Crippen LogP) is 2.32. The zero-order chi connectivity index (χ0) is 15.6. The lowest BCUT2D eigenvalue weighted by molar-refractivity contribution is 0.262. The van der Waals surface area contributed by atoms with Gasteiger partial charge in [-0.1, -0.05) is 12.1 Å². The van der Waals surface area contributed by atoms with Gasteiger partial charge in [0.05, 0.1) is 6.61 Å². The number of phenolic OH excluding ortho intramolecular Hbond substituents is 1. The summed E-state index contributed by atoms with van der Waals surface area (Å²) in [7, 11) is 0. The molecule has 0 saturated carbocycles. The van der Waals surface area contributed by atoms with Gasteiger partial charge in [-0.3, -0.25) is 0 Å². The molecule has 0 amide bonds. The molecule has 3 N–H and O–H groups in total. The van der Waals surface area contributed by atoms with E-state index in [2.05, 4.69) is 20.7 Å². The van der Waals surface area contributed by atoms with Crippen molar-refractivity contribution in [1.82, 2.24) is 20.7 Å². The van der Waals surface area contributed by atoms with E-state index in [9.17, 15) is 5.11 Å². The van der Waals surface area contributed by atoms with Crippen LogP contribution in [0.2, 0.25) is 0 Å². The van der Waals surface area contributed by atoms with Crippen molar-refractivity contribution in [2.75, 3.05) is 19.7 Å². The highest BCUT2D eigenvalue weighted by Gasteiger charge is 2.17. The Balaban J connectivity index is 1.67. The van der Waals surface area contributed by atoms with Crippen molar-refractivity contribution in [1.29, 1.82) is 0 Å². The Morgan fingerprint density at radius 2 is 2.00 bits per heavy atom. The number of benzene rings is 2. The fraction of sp³-hybridized carbons (Fsp3) is 0.294. The van der Waals surface area contributed by atoms with Crippen LogP contribution in [0.5, 0.6) is 11.5 Å². The maximum Gasteiger partial charge on any atom is 0.154 e. The summed E-state index contributed by atoms with van der Waals surface area (Å²) in [6, 6.07) is 11.1. The molecule has 0 bridgehead atoms. The van der Waals surface area contributed by atoms with E-state index < -0.39 is 0 Å². The average Bonchev–Trinajstić information content (AvgIpc) is 3.24. The van der Waals surface area contributed by atoms with Gasteiger partial charge in [0.25, 0.3) is 0 Å². The first-order valence-corrected chi connectivity index (χ1v) is 7.77. The second-order valence-corrected chi connectivity index (χ2v) is 5.88. The highest BCUT2D eigenvalue weighted by molar-refractivity contribution is 5.86. The van der Waals surface area contributed by atoms with Gasteiger partial charge in [-0.15, -0.1) is 0 Å². The van der Waals surface area contributed by atoms with Crippen LogP contribution >= 0.6 is 0 Å². The highest BCUT2D eigenvalue weighted by atomic mass is 16.5. The molecule has 4 rings (SSSR count). The van der Waals surface area contributed by atoms with E-state index in [1.165, 1.54) is 0 Å². The van der Waals surface area contributed by atoms with Crippen molar-refractivity contribution in [3.8, 4) is 22.6 Å². The first-order chi connectivity index (χ1) is 11.3. The predicted molar refractivity (Wildman–Crippen MR) is 87.5 cm³/mol. The molecule has 1 atom stereocenters. The summed E-state index contributed by atoms with van der Waals surface area (Å²) in [5.41, 5.74) is 3.51. The van der Waals surface area contributed by atoms with Crippen LogP contribution in [0.15, 0.2) is 36.4 Å². The second-order valence-electron chi connectivity index (χ2n) is 5.88. The van der Waals surface area contributed by atoms with E-state index in [-0.39, 0.29) is 5.75 Å². The minimum atomic E-state index is 0.251. The summed E-state index contributed by atoms with van der Waals surface area (Å²) >= 11 is 0. The van der Waals surface area contributed by atoms with Crippen molar-refractivity contribution in [3.05, 3.63) is 36.4 Å². The van der Waals surface area contributed by atoms with Crippen LogP contribution in [0, 0.1) is 5.92 Å². The molecule has 0 spiro atoms. The third-order valence-electron chi connectivity index (χ3n) is 4.22. The Bertz CT molecular complexity index is 807. The number of aromatic nitrogens is 3. The van der Waals surface area contributed by atoms with Crippen molar-refractivity contribution in [2.24, 2.45) is 5.92 Å². The van der Waals surface area contributed by atoms with Crippen LogP contribution in [0.1, 0.15) is 6.42 Å². The Kier molecular flexibility index (Phi) is 3.59. The lowest BCUT2D eigenvalue weighted by Crippen LogP contribution is -2.15. The lowest BCUT2D eigenvalue weighted by atomic mass is 10.0. The number of nitrogens with one attached hydrogen (secondary N) is 2. The summed E-state index contributed by atoms with van der Waals surface area (Å²) in [6.07, 6.45) is 1.14. The molecule has 0 aliphatic carbocycles. The minimum absolute atomic E-state index is 0.251. The van der Waals surface area contributed by atoms with E-state index in [1.807, 2.05) is 24.3 Å². The Morgan fingerprint density at radius 1 is 1.13 bits per heavy atom. The van der Waals surface area contributed by atoms with E-state index in [4.69, 9.17) is 4.74 Å². The number of rotatable bonds is 4. The maximum atomic E-state index is 9.44. The quantitative estimate of drug-likeness (QED) is 0.689. The van der Waals surface area contributed by atoms with Crippen LogP contribution in [0.25, 0.3) is 22.2 Å². The molecule has 6 heteroatoms. The number of ether oxygens (including phenoxy) is 1. The van der Waals surface area contributed by atoms with Gasteiger partial charge >= 0.3 is 0 Å². The number of phenols is 1. The number of fused-ring (bicyclic) bond motifs is 1. The number of hydrogen-bond acceptors (Lipinski definition) is 5. The minimum Gasteiger partial charge on any atom is -0.508 e. The van der Waals surface area contributed by atoms with Gasteiger partial charge in [-0.25, -0.2) is 0 Å². The molecular weight excluding hydrogens is 292 g/mol. The zero-order valence-corrected chi connectivity index (χ0v) is 12.6. The monoisotopic (exact) mass is 310 g/mol. The molecule has 1 unspecified atom stereocenters. The largest absolute Gasteiger partial charge is 0.508 e. The number of aromatic amines is 1. The van der Waals surface area contributed by atoms with E-state index >= 15 is 0 Å². The summed E-state index contributed by atoms with van der Waals surface area (Å²) in [5, 5.41) is 23.8. The van der Waals surface area contributed by atoms with Crippen LogP contribution in [-0.4, -0.2) is 40.2 Å². The SMILES string of the molecule is Oc1ccc(-c2cc(OCC3CCNC3)c3n[nH]nc3c2)cc1. The van der Waals surface area contributed by atoms with Crippen LogP contribution in [0.3, 0.4) is 0 Å². The van der Waals surface area contributed by atoms with E-state index in [0.29, 0.717) is 12.5 Å². The van der Waals surface area contributed by atoms with Crippen molar-refractivity contribution in [3.63, 3.8) is 0 Å². The van der Waals surface area contributed by atoms with Crippen molar-refractivity contribution in [2.45, 2.75) is 6.42 Å². The highest BCUT2D eigenvalue weighted by Crippen LogP contribution is 2.31. The Morgan fingerprint density at radius 3 is 2.78 bits per heavy atom. The standard InChI is InChI=1S/C17H18N4O2/c22-14-3-1-12(2-4-14)13-7-15-17(20-21-19-15)16(8-13)23-10-11-5-6-18-9-11/h1-4,7-8,11,18,22H,5-6,9-10H2,(H,19,20,21). The second kappa shape index (κ2) is 5.89. The maximum absolute atomic E-state index is 9.44. The molecule has 1 aliphatic rings. The first-order valence-electron chi connectivity index (χ1n) is 7.77. The number of aromatic hydroxyl groups is 1. The van der Waals surface area contributed by atoms with E-state index in [0.717, 1.165) is 47.4 Å². The van der Waals surface area contributed by atoms with Crippen LogP contribution in [0.4, 0.5) is 0 Å². The topological polar surface area (TPSA) is 83.1 Å². The number of nitrogens with zero attached hydrogens (tertiary/aromatic N) is 2. The van der Waals surface area contributed by atoms with E-state index in [1.54, 1.807) is 12.1 Å². The Labute approximate surface area is 133 Å². The summed E-state index contributed by atoms with van der Waals surface area (Å²) in [5.74, 6) is 1.53. The van der Waals surface area contributed by atoms with Gasteiger partial charge in [-0.05, 0) is 48.4 Å². The normalized spacial score (nSPS) is 17.7. The molecule has 1 aliphatic heterocycles. The number of hydrogen-bond donors (Lipinski definition) is 3. The van der Waals surface area contributed by atoms with Crippen LogP contribution < -0.4 is 10.1 Å². The summed E-state index contributed by atoms with van der Waals surface area (Å²) in [6.45, 7) is 2.73. The smallest absolute Gasteiger partial charge is 0.154 e. The van der Waals surface area contributed by atoms with Gasteiger partial charge in [0, 0.05) is 12.5 Å². The zero-order valence-electron chi connectivity index (χ0n) is 12.6. The summed E-state index contributed by atoms with van der Waals surface area (Å²) in [4.78, 5) is 0. The summed E-state index contributed by atoms with van der Waals surface area (Å²) < 4.78 is 6.04. The molecule has 3 aromatic rings. The molecule has 0 radical (unpaired) electrons. The molecule has 1 aromatic heterocycles. The number of H-pyrrole nitrogens is 1. The van der Waals surface area contributed by atoms with Gasteiger partial charge in [0.2, 0.25) is 0 Å². The van der Waals surface area contributed by atoms with Crippen molar-refractivity contribution < 1.29 is 9.84 Å². The first kappa shape index (κ1) is 14.0. The molecule has 23 heavy (non-hydrogen) atoms. The van der Waals surface area contributed by atoms with Gasteiger partial charge < -0.3 is 15.2 Å². The van der Waals surface area contributed by atoms with Gasteiger partial charge in [-0.2, -0.15) is 15.4 Å². The third kappa shape index (κ3) is 2.85. The third-order valence-corrected chi connectivity index (χ3v) is 4.22. The lowest BCUT2D eigenvalue weighted by Gasteiger charge is -2.12. The Hall–Kier alpha value is -2.60. The fourth-order valence-electron chi connectivity index (χ4n) is 2.91. The van der Waals surface area contributed by atoms with Crippen LogP contribution in [-0.2, 0) is 0 Å².